The van der Waals surface area contributed by atoms with Gasteiger partial charge in [0.1, 0.15) is 0 Å². The van der Waals surface area contributed by atoms with E-state index in [1.807, 2.05) is 6.92 Å². The standard InChI is InChI=1S/C10H18N2O3/c1-4-7-12(5-2)10(15)11(3)8-6-9(13)14/h4H,1,5-8H2,2-3H3,(H,13,14). The first kappa shape index (κ1) is 13.5. The highest BCUT2D eigenvalue weighted by atomic mass is 16.4. The molecule has 0 spiro atoms. The quantitative estimate of drug-likeness (QED) is 0.671. The summed E-state index contributed by atoms with van der Waals surface area (Å²) in [6.07, 6.45) is 1.61. The molecule has 0 aromatic heterocycles. The molecule has 0 atom stereocenters. The maximum absolute atomic E-state index is 11.7. The predicted molar refractivity (Wildman–Crippen MR) is 57.7 cm³/mol. The molecule has 0 heterocycles. The van der Waals surface area contributed by atoms with Crippen molar-refractivity contribution in [3.8, 4) is 0 Å². The summed E-state index contributed by atoms with van der Waals surface area (Å²) >= 11 is 0. The van der Waals surface area contributed by atoms with Gasteiger partial charge in [-0.25, -0.2) is 4.79 Å². The average molecular weight is 214 g/mol. The molecular formula is C10H18N2O3. The smallest absolute Gasteiger partial charge is 0.320 e. The Labute approximate surface area is 90.0 Å². The van der Waals surface area contributed by atoms with Crippen LogP contribution in [0.15, 0.2) is 12.7 Å². The van der Waals surface area contributed by atoms with Crippen LogP contribution in [0.25, 0.3) is 0 Å². The minimum absolute atomic E-state index is 0.0338. The Morgan fingerprint density at radius 2 is 2.07 bits per heavy atom. The van der Waals surface area contributed by atoms with Crippen molar-refractivity contribution >= 4 is 12.0 Å². The fraction of sp³-hybridized carbons (Fsp3) is 0.600. The molecule has 0 unspecified atom stereocenters. The van der Waals surface area contributed by atoms with E-state index in [0.717, 1.165) is 0 Å². The number of carboxylic acids is 1. The lowest BCUT2D eigenvalue weighted by Crippen LogP contribution is -2.41. The molecule has 0 fully saturated rings. The molecule has 0 aromatic rings. The number of amides is 2. The van der Waals surface area contributed by atoms with Crippen LogP contribution in [0, 0.1) is 0 Å². The van der Waals surface area contributed by atoms with E-state index in [1.165, 1.54) is 4.90 Å². The minimum Gasteiger partial charge on any atom is -0.481 e. The van der Waals surface area contributed by atoms with Gasteiger partial charge in [0.05, 0.1) is 6.42 Å². The van der Waals surface area contributed by atoms with Gasteiger partial charge in [0, 0.05) is 26.7 Å². The molecule has 5 heteroatoms. The monoisotopic (exact) mass is 214 g/mol. The normalized spacial score (nSPS) is 9.47. The van der Waals surface area contributed by atoms with E-state index in [1.54, 1.807) is 18.0 Å². The first-order valence-corrected chi connectivity index (χ1v) is 4.85. The van der Waals surface area contributed by atoms with Crippen molar-refractivity contribution in [2.75, 3.05) is 26.7 Å². The molecule has 2 amide bonds. The van der Waals surface area contributed by atoms with Crippen LogP contribution in [0.1, 0.15) is 13.3 Å². The van der Waals surface area contributed by atoms with Crippen LogP contribution < -0.4 is 0 Å². The van der Waals surface area contributed by atoms with Crippen molar-refractivity contribution in [1.82, 2.24) is 9.80 Å². The maximum Gasteiger partial charge on any atom is 0.320 e. The lowest BCUT2D eigenvalue weighted by Gasteiger charge is -2.25. The molecule has 0 aliphatic heterocycles. The van der Waals surface area contributed by atoms with Gasteiger partial charge in [-0.3, -0.25) is 4.79 Å². The zero-order valence-electron chi connectivity index (χ0n) is 9.27. The van der Waals surface area contributed by atoms with Crippen molar-refractivity contribution in [2.45, 2.75) is 13.3 Å². The van der Waals surface area contributed by atoms with E-state index >= 15 is 0 Å². The number of rotatable bonds is 6. The van der Waals surface area contributed by atoms with Crippen LogP contribution in [0.3, 0.4) is 0 Å². The van der Waals surface area contributed by atoms with Crippen LogP contribution in [-0.4, -0.2) is 53.6 Å². The van der Waals surface area contributed by atoms with Crippen LogP contribution >= 0.6 is 0 Å². The third-order valence-corrected chi connectivity index (χ3v) is 1.99. The molecule has 15 heavy (non-hydrogen) atoms. The molecule has 0 bridgehead atoms. The second-order valence-corrected chi connectivity index (χ2v) is 3.18. The number of hydrogen-bond acceptors (Lipinski definition) is 2. The van der Waals surface area contributed by atoms with Gasteiger partial charge in [-0.1, -0.05) is 6.08 Å². The molecule has 1 N–H and O–H groups in total. The van der Waals surface area contributed by atoms with Crippen molar-refractivity contribution < 1.29 is 14.7 Å². The SMILES string of the molecule is C=CCN(CC)C(=O)N(C)CCC(=O)O. The summed E-state index contributed by atoms with van der Waals surface area (Å²) in [6, 6.07) is -0.168. The molecule has 0 aliphatic carbocycles. The van der Waals surface area contributed by atoms with Crippen molar-refractivity contribution in [1.29, 1.82) is 0 Å². The van der Waals surface area contributed by atoms with E-state index < -0.39 is 5.97 Å². The number of aliphatic carboxylic acids is 1. The van der Waals surface area contributed by atoms with Crippen LogP contribution in [-0.2, 0) is 4.79 Å². The van der Waals surface area contributed by atoms with E-state index in [9.17, 15) is 9.59 Å². The highest BCUT2D eigenvalue weighted by Crippen LogP contribution is 1.98. The summed E-state index contributed by atoms with van der Waals surface area (Å²) < 4.78 is 0. The summed E-state index contributed by atoms with van der Waals surface area (Å²) in [5.74, 6) is -0.901. The Kier molecular flexibility index (Phi) is 6.17. The fourth-order valence-corrected chi connectivity index (χ4v) is 1.10. The average Bonchev–Trinajstić information content (AvgIpc) is 2.21. The Bertz CT molecular complexity index is 241. The summed E-state index contributed by atoms with van der Waals surface area (Å²) in [4.78, 5) is 25.0. The molecule has 0 rings (SSSR count). The number of carboxylic acid groups (broad SMARTS) is 1. The molecule has 5 nitrogen and oxygen atoms in total. The van der Waals surface area contributed by atoms with Gasteiger partial charge in [0.25, 0.3) is 0 Å². The fourth-order valence-electron chi connectivity index (χ4n) is 1.10. The summed E-state index contributed by atoms with van der Waals surface area (Å²) in [7, 11) is 1.59. The highest BCUT2D eigenvalue weighted by Gasteiger charge is 2.15. The molecule has 0 radical (unpaired) electrons. The van der Waals surface area contributed by atoms with Gasteiger partial charge in [-0.2, -0.15) is 0 Å². The van der Waals surface area contributed by atoms with Crippen LogP contribution in [0.5, 0.6) is 0 Å². The maximum atomic E-state index is 11.7. The second kappa shape index (κ2) is 6.86. The first-order valence-electron chi connectivity index (χ1n) is 4.85. The van der Waals surface area contributed by atoms with E-state index in [-0.39, 0.29) is 19.0 Å². The van der Waals surface area contributed by atoms with Crippen molar-refractivity contribution in [3.05, 3.63) is 12.7 Å². The molecule has 0 aliphatic rings. The Morgan fingerprint density at radius 1 is 1.47 bits per heavy atom. The zero-order chi connectivity index (χ0) is 11.8. The largest absolute Gasteiger partial charge is 0.481 e. The van der Waals surface area contributed by atoms with Crippen LogP contribution in [0.4, 0.5) is 4.79 Å². The molecule has 0 aromatic carbocycles. The minimum atomic E-state index is -0.901. The number of carbonyl (C=O) groups excluding carboxylic acids is 1. The lowest BCUT2D eigenvalue weighted by molar-refractivity contribution is -0.137. The van der Waals surface area contributed by atoms with Gasteiger partial charge in [0.15, 0.2) is 0 Å². The lowest BCUT2D eigenvalue weighted by atomic mass is 10.4. The Morgan fingerprint density at radius 3 is 2.47 bits per heavy atom. The number of hydrogen-bond donors (Lipinski definition) is 1. The van der Waals surface area contributed by atoms with Gasteiger partial charge in [0.2, 0.25) is 0 Å². The first-order chi connectivity index (χ1) is 7.02. The summed E-state index contributed by atoms with van der Waals surface area (Å²) in [5, 5.41) is 8.48. The third-order valence-electron chi connectivity index (χ3n) is 1.99. The van der Waals surface area contributed by atoms with Gasteiger partial charge >= 0.3 is 12.0 Å². The van der Waals surface area contributed by atoms with E-state index in [2.05, 4.69) is 6.58 Å². The van der Waals surface area contributed by atoms with E-state index in [0.29, 0.717) is 13.1 Å². The summed E-state index contributed by atoms with van der Waals surface area (Å²) in [6.45, 7) is 6.71. The zero-order valence-corrected chi connectivity index (χ0v) is 9.27. The van der Waals surface area contributed by atoms with Crippen molar-refractivity contribution in [2.24, 2.45) is 0 Å². The van der Waals surface area contributed by atoms with Gasteiger partial charge in [-0.15, -0.1) is 6.58 Å². The van der Waals surface area contributed by atoms with Crippen molar-refractivity contribution in [3.63, 3.8) is 0 Å². The Balaban J connectivity index is 4.15. The molecule has 0 saturated carbocycles. The number of likely N-dealkylation sites (N-methyl/N-ethyl adjacent to an activating group) is 1. The predicted octanol–water partition coefficient (Wildman–Crippen LogP) is 1.02. The van der Waals surface area contributed by atoms with Gasteiger partial charge < -0.3 is 14.9 Å². The summed E-state index contributed by atoms with van der Waals surface area (Å²) in [5.41, 5.74) is 0. The third kappa shape index (κ3) is 5.05. The van der Waals surface area contributed by atoms with Gasteiger partial charge in [-0.05, 0) is 6.92 Å². The molecule has 86 valence electrons. The number of carbonyl (C=O) groups is 2. The molecule has 0 saturated heterocycles. The Hall–Kier alpha value is -1.52. The topological polar surface area (TPSA) is 60.9 Å². The van der Waals surface area contributed by atoms with Crippen LogP contribution in [0.2, 0.25) is 0 Å². The highest BCUT2D eigenvalue weighted by molar-refractivity contribution is 5.75. The van der Waals surface area contributed by atoms with E-state index in [4.69, 9.17) is 5.11 Å². The second-order valence-electron chi connectivity index (χ2n) is 3.18. The number of nitrogens with zero attached hydrogens (tertiary/aromatic N) is 2. The molecular weight excluding hydrogens is 196 g/mol. The number of urea groups is 1.